The van der Waals surface area contributed by atoms with Crippen molar-refractivity contribution in [2.75, 3.05) is 14.2 Å². The minimum absolute atomic E-state index is 0.0969. The van der Waals surface area contributed by atoms with Crippen molar-refractivity contribution < 1.29 is 14.6 Å². The van der Waals surface area contributed by atoms with Gasteiger partial charge in [-0.05, 0) is 0 Å². The van der Waals surface area contributed by atoms with Gasteiger partial charge in [-0.15, -0.1) is 0 Å². The Bertz CT molecular complexity index is 262. The monoisotopic (exact) mass is 169 g/mol. The molecule has 4 nitrogen and oxygen atoms in total. The van der Waals surface area contributed by atoms with Crippen LogP contribution in [0.2, 0.25) is 0 Å². The third-order valence-electron chi connectivity index (χ3n) is 1.49. The molecule has 0 fully saturated rings. The summed E-state index contributed by atoms with van der Waals surface area (Å²) in [4.78, 5) is 3.92. The summed E-state index contributed by atoms with van der Waals surface area (Å²) in [5.74, 6) is 1.14. The first-order valence-electron chi connectivity index (χ1n) is 3.49. The van der Waals surface area contributed by atoms with Crippen molar-refractivity contribution in [1.82, 2.24) is 4.98 Å². The van der Waals surface area contributed by atoms with Gasteiger partial charge in [-0.1, -0.05) is 0 Å². The van der Waals surface area contributed by atoms with E-state index in [-0.39, 0.29) is 6.61 Å². The molecule has 1 aromatic heterocycles. The maximum absolute atomic E-state index is 8.76. The molecule has 0 aliphatic heterocycles. The number of rotatable bonds is 3. The quantitative estimate of drug-likeness (QED) is 0.719. The highest BCUT2D eigenvalue weighted by Crippen LogP contribution is 2.25. The summed E-state index contributed by atoms with van der Waals surface area (Å²) in [7, 11) is 3.08. The second-order valence-electron chi connectivity index (χ2n) is 2.19. The summed E-state index contributed by atoms with van der Waals surface area (Å²) >= 11 is 0. The highest BCUT2D eigenvalue weighted by atomic mass is 16.5. The van der Waals surface area contributed by atoms with Crippen molar-refractivity contribution in [2.45, 2.75) is 6.61 Å². The van der Waals surface area contributed by atoms with Crippen molar-refractivity contribution in [3.63, 3.8) is 0 Å². The number of hydrogen-bond acceptors (Lipinski definition) is 4. The Morgan fingerprint density at radius 3 is 2.50 bits per heavy atom. The lowest BCUT2D eigenvalue weighted by atomic mass is 10.3. The number of nitrogens with zero attached hydrogens (tertiary/aromatic N) is 1. The minimum atomic E-state index is -0.0969. The van der Waals surface area contributed by atoms with Gasteiger partial charge in [0.05, 0.1) is 32.7 Å². The fourth-order valence-electron chi connectivity index (χ4n) is 0.864. The summed E-state index contributed by atoms with van der Waals surface area (Å²) in [6.07, 6.45) is 1.52. The summed E-state index contributed by atoms with van der Waals surface area (Å²) in [5.41, 5.74) is 0.563. The first kappa shape index (κ1) is 8.80. The standard InChI is InChI=1S/C8H11NO3/c1-11-7-3-6(5-10)9-4-8(7)12-2/h3-4,10H,5H2,1-2H3. The van der Waals surface area contributed by atoms with Crippen LogP contribution >= 0.6 is 0 Å². The van der Waals surface area contributed by atoms with Crippen LogP contribution in [0.1, 0.15) is 5.69 Å². The van der Waals surface area contributed by atoms with E-state index in [2.05, 4.69) is 4.98 Å². The average Bonchev–Trinajstić information content (AvgIpc) is 2.16. The van der Waals surface area contributed by atoms with Gasteiger partial charge in [0.15, 0.2) is 11.5 Å². The Labute approximate surface area is 70.8 Å². The molecule has 0 unspecified atom stereocenters. The van der Waals surface area contributed by atoms with E-state index in [0.29, 0.717) is 17.2 Å². The summed E-state index contributed by atoms with van der Waals surface area (Å²) in [6, 6.07) is 1.64. The number of aliphatic hydroxyl groups is 1. The second-order valence-corrected chi connectivity index (χ2v) is 2.19. The maximum Gasteiger partial charge on any atom is 0.179 e. The predicted octanol–water partition coefficient (Wildman–Crippen LogP) is 0.591. The molecule has 0 aromatic carbocycles. The normalized spacial score (nSPS) is 9.58. The van der Waals surface area contributed by atoms with Gasteiger partial charge in [-0.3, -0.25) is 4.98 Å². The molecule has 0 amide bonds. The van der Waals surface area contributed by atoms with Gasteiger partial charge < -0.3 is 14.6 Å². The first-order chi connectivity index (χ1) is 5.81. The van der Waals surface area contributed by atoms with Crippen LogP contribution in [-0.2, 0) is 6.61 Å². The number of hydrogen-bond donors (Lipinski definition) is 1. The minimum Gasteiger partial charge on any atom is -0.493 e. The second kappa shape index (κ2) is 3.92. The third kappa shape index (κ3) is 1.65. The largest absolute Gasteiger partial charge is 0.493 e. The number of aromatic nitrogens is 1. The van der Waals surface area contributed by atoms with E-state index in [0.717, 1.165) is 0 Å². The molecular weight excluding hydrogens is 158 g/mol. The molecule has 0 aliphatic carbocycles. The van der Waals surface area contributed by atoms with Gasteiger partial charge in [0.2, 0.25) is 0 Å². The molecule has 12 heavy (non-hydrogen) atoms. The molecule has 0 spiro atoms. The molecule has 4 heteroatoms. The van der Waals surface area contributed by atoms with Crippen molar-refractivity contribution in [3.05, 3.63) is 18.0 Å². The van der Waals surface area contributed by atoms with Crippen LogP contribution < -0.4 is 9.47 Å². The zero-order valence-corrected chi connectivity index (χ0v) is 7.07. The van der Waals surface area contributed by atoms with E-state index >= 15 is 0 Å². The number of methoxy groups -OCH3 is 2. The van der Waals surface area contributed by atoms with Gasteiger partial charge in [0.25, 0.3) is 0 Å². The van der Waals surface area contributed by atoms with Crippen molar-refractivity contribution in [3.8, 4) is 11.5 Å². The van der Waals surface area contributed by atoms with E-state index in [9.17, 15) is 0 Å². The van der Waals surface area contributed by atoms with Gasteiger partial charge in [0, 0.05) is 6.07 Å². The van der Waals surface area contributed by atoms with Crippen LogP contribution in [0.25, 0.3) is 0 Å². The van der Waals surface area contributed by atoms with Crippen LogP contribution in [0.5, 0.6) is 11.5 Å². The van der Waals surface area contributed by atoms with Gasteiger partial charge in [-0.2, -0.15) is 0 Å². The molecule has 0 bridgehead atoms. The van der Waals surface area contributed by atoms with E-state index in [1.165, 1.54) is 13.3 Å². The Morgan fingerprint density at radius 2 is 2.00 bits per heavy atom. The zero-order chi connectivity index (χ0) is 8.97. The Balaban J connectivity index is 3.02. The van der Waals surface area contributed by atoms with Crippen molar-refractivity contribution in [1.29, 1.82) is 0 Å². The van der Waals surface area contributed by atoms with E-state index < -0.39 is 0 Å². The number of pyridine rings is 1. The molecule has 0 radical (unpaired) electrons. The fraction of sp³-hybridized carbons (Fsp3) is 0.375. The molecule has 0 atom stereocenters. The zero-order valence-electron chi connectivity index (χ0n) is 7.07. The maximum atomic E-state index is 8.76. The highest BCUT2D eigenvalue weighted by molar-refractivity contribution is 5.38. The fourth-order valence-corrected chi connectivity index (χ4v) is 0.864. The molecule has 1 N–H and O–H groups in total. The van der Waals surface area contributed by atoms with E-state index in [4.69, 9.17) is 14.6 Å². The molecule has 1 heterocycles. The van der Waals surface area contributed by atoms with Crippen molar-refractivity contribution >= 4 is 0 Å². The lowest BCUT2D eigenvalue weighted by Gasteiger charge is -2.06. The molecule has 66 valence electrons. The van der Waals surface area contributed by atoms with Crippen LogP contribution in [-0.4, -0.2) is 24.3 Å². The number of ether oxygens (including phenoxy) is 2. The Morgan fingerprint density at radius 1 is 1.33 bits per heavy atom. The van der Waals surface area contributed by atoms with Crippen molar-refractivity contribution in [2.24, 2.45) is 0 Å². The topological polar surface area (TPSA) is 51.6 Å². The SMILES string of the molecule is COc1cnc(CO)cc1OC. The molecular formula is C8H11NO3. The summed E-state index contributed by atoms with van der Waals surface area (Å²) in [5, 5.41) is 8.76. The van der Waals surface area contributed by atoms with Crippen LogP contribution in [0.4, 0.5) is 0 Å². The van der Waals surface area contributed by atoms with Crippen LogP contribution in [0, 0.1) is 0 Å². The summed E-state index contributed by atoms with van der Waals surface area (Å²) < 4.78 is 9.97. The molecule has 1 rings (SSSR count). The summed E-state index contributed by atoms with van der Waals surface area (Å²) in [6.45, 7) is -0.0969. The smallest absolute Gasteiger partial charge is 0.179 e. The lowest BCUT2D eigenvalue weighted by molar-refractivity contribution is 0.274. The first-order valence-corrected chi connectivity index (χ1v) is 3.49. The highest BCUT2D eigenvalue weighted by Gasteiger charge is 2.04. The van der Waals surface area contributed by atoms with Crippen LogP contribution in [0.15, 0.2) is 12.3 Å². The van der Waals surface area contributed by atoms with E-state index in [1.807, 2.05) is 0 Å². The number of aliphatic hydroxyl groups excluding tert-OH is 1. The van der Waals surface area contributed by atoms with Crippen LogP contribution in [0.3, 0.4) is 0 Å². The third-order valence-corrected chi connectivity index (χ3v) is 1.49. The molecule has 1 aromatic rings. The lowest BCUT2D eigenvalue weighted by Crippen LogP contribution is -1.95. The van der Waals surface area contributed by atoms with Gasteiger partial charge in [0.1, 0.15) is 0 Å². The Hall–Kier alpha value is -1.29. The van der Waals surface area contributed by atoms with E-state index in [1.54, 1.807) is 13.2 Å². The Kier molecular flexibility index (Phi) is 2.88. The predicted molar refractivity (Wildman–Crippen MR) is 43.3 cm³/mol. The average molecular weight is 169 g/mol. The molecule has 0 aliphatic rings. The molecule has 0 saturated carbocycles. The van der Waals surface area contributed by atoms with Gasteiger partial charge in [-0.25, -0.2) is 0 Å². The molecule has 0 saturated heterocycles. The van der Waals surface area contributed by atoms with Gasteiger partial charge >= 0.3 is 0 Å².